The summed E-state index contributed by atoms with van der Waals surface area (Å²) in [7, 11) is 1.65. The molecule has 1 N–H and O–H groups in total. The van der Waals surface area contributed by atoms with E-state index >= 15 is 0 Å². The van der Waals surface area contributed by atoms with Gasteiger partial charge in [0.2, 0.25) is 5.91 Å². The average Bonchev–Trinajstić information content (AvgIpc) is 2.45. The van der Waals surface area contributed by atoms with Crippen molar-refractivity contribution in [2.45, 2.75) is 26.3 Å². The minimum Gasteiger partial charge on any atom is -0.496 e. The number of piperidine rings is 1. The van der Waals surface area contributed by atoms with Crippen LogP contribution in [0.15, 0.2) is 24.3 Å². The lowest BCUT2D eigenvalue weighted by atomic mass is 10.0. The Labute approximate surface area is 121 Å². The molecule has 1 amide bonds. The topological polar surface area (TPSA) is 41.6 Å². The van der Waals surface area contributed by atoms with Crippen LogP contribution in [-0.4, -0.2) is 37.6 Å². The zero-order valence-corrected chi connectivity index (χ0v) is 12.4. The number of ether oxygens (including phenoxy) is 1. The van der Waals surface area contributed by atoms with Crippen molar-refractivity contribution in [3.63, 3.8) is 0 Å². The van der Waals surface area contributed by atoms with Crippen LogP contribution in [0.2, 0.25) is 0 Å². The average molecular weight is 276 g/mol. The molecule has 1 fully saturated rings. The van der Waals surface area contributed by atoms with Gasteiger partial charge in [-0.1, -0.05) is 25.1 Å². The van der Waals surface area contributed by atoms with Gasteiger partial charge in [0.25, 0.3) is 0 Å². The van der Waals surface area contributed by atoms with Crippen LogP contribution < -0.4 is 10.1 Å². The van der Waals surface area contributed by atoms with E-state index in [0.29, 0.717) is 19.0 Å². The SMILES string of the molecule is COc1ccccc1CNC(=O)CN1CCC[C@@H](C)C1. The minimum atomic E-state index is 0.0880. The second kappa shape index (κ2) is 7.29. The van der Waals surface area contributed by atoms with E-state index in [2.05, 4.69) is 17.1 Å². The zero-order chi connectivity index (χ0) is 14.4. The van der Waals surface area contributed by atoms with E-state index in [-0.39, 0.29) is 5.91 Å². The highest BCUT2D eigenvalue weighted by molar-refractivity contribution is 5.78. The number of nitrogens with one attached hydrogen (secondary N) is 1. The number of para-hydroxylation sites is 1. The fourth-order valence-electron chi connectivity index (χ4n) is 2.73. The molecule has 0 aliphatic carbocycles. The van der Waals surface area contributed by atoms with Gasteiger partial charge in [0, 0.05) is 18.7 Å². The minimum absolute atomic E-state index is 0.0880. The Morgan fingerprint density at radius 1 is 1.45 bits per heavy atom. The Balaban J connectivity index is 1.80. The maximum atomic E-state index is 12.0. The van der Waals surface area contributed by atoms with Crippen LogP contribution in [0, 0.1) is 5.92 Å². The van der Waals surface area contributed by atoms with Crippen molar-refractivity contribution in [3.05, 3.63) is 29.8 Å². The van der Waals surface area contributed by atoms with E-state index in [0.717, 1.165) is 24.4 Å². The third-order valence-corrected chi connectivity index (χ3v) is 3.78. The molecule has 20 heavy (non-hydrogen) atoms. The van der Waals surface area contributed by atoms with Gasteiger partial charge in [-0.25, -0.2) is 0 Å². The molecule has 0 spiro atoms. The van der Waals surface area contributed by atoms with Crippen molar-refractivity contribution in [1.82, 2.24) is 10.2 Å². The quantitative estimate of drug-likeness (QED) is 0.895. The summed E-state index contributed by atoms with van der Waals surface area (Å²) in [6, 6.07) is 7.77. The third-order valence-electron chi connectivity index (χ3n) is 3.78. The summed E-state index contributed by atoms with van der Waals surface area (Å²) in [5.74, 6) is 1.61. The molecule has 0 saturated carbocycles. The van der Waals surface area contributed by atoms with Gasteiger partial charge in [0.1, 0.15) is 5.75 Å². The molecule has 1 aliphatic rings. The molecule has 1 saturated heterocycles. The van der Waals surface area contributed by atoms with Gasteiger partial charge in [-0.2, -0.15) is 0 Å². The lowest BCUT2D eigenvalue weighted by Crippen LogP contribution is -2.41. The highest BCUT2D eigenvalue weighted by atomic mass is 16.5. The molecule has 0 aromatic heterocycles. The predicted molar refractivity (Wildman–Crippen MR) is 79.7 cm³/mol. The monoisotopic (exact) mass is 276 g/mol. The number of likely N-dealkylation sites (tertiary alicyclic amines) is 1. The van der Waals surface area contributed by atoms with Crippen LogP contribution in [0.5, 0.6) is 5.75 Å². The van der Waals surface area contributed by atoms with Gasteiger partial charge in [-0.15, -0.1) is 0 Å². The number of hydrogen-bond acceptors (Lipinski definition) is 3. The number of benzene rings is 1. The summed E-state index contributed by atoms with van der Waals surface area (Å²) in [5, 5.41) is 2.98. The molecule has 4 heteroatoms. The van der Waals surface area contributed by atoms with E-state index in [4.69, 9.17) is 4.74 Å². The zero-order valence-electron chi connectivity index (χ0n) is 12.4. The summed E-state index contributed by atoms with van der Waals surface area (Å²) in [4.78, 5) is 14.2. The number of rotatable bonds is 5. The summed E-state index contributed by atoms with van der Waals surface area (Å²) in [5.41, 5.74) is 1.01. The van der Waals surface area contributed by atoms with E-state index in [1.54, 1.807) is 7.11 Å². The van der Waals surface area contributed by atoms with Gasteiger partial charge < -0.3 is 10.1 Å². The lowest BCUT2D eigenvalue weighted by molar-refractivity contribution is -0.122. The first-order valence-corrected chi connectivity index (χ1v) is 7.30. The van der Waals surface area contributed by atoms with Gasteiger partial charge >= 0.3 is 0 Å². The van der Waals surface area contributed by atoms with Crippen molar-refractivity contribution >= 4 is 5.91 Å². The Bertz CT molecular complexity index is 448. The van der Waals surface area contributed by atoms with Crippen LogP contribution in [0.1, 0.15) is 25.3 Å². The Kier molecular flexibility index (Phi) is 5.41. The first kappa shape index (κ1) is 14.9. The predicted octanol–water partition coefficient (Wildman–Crippen LogP) is 2.04. The molecule has 1 aromatic carbocycles. The Hall–Kier alpha value is -1.55. The maximum Gasteiger partial charge on any atom is 0.234 e. The van der Waals surface area contributed by atoms with E-state index in [9.17, 15) is 4.79 Å². The molecule has 0 radical (unpaired) electrons. The second-order valence-corrected chi connectivity index (χ2v) is 5.57. The van der Waals surface area contributed by atoms with Gasteiger partial charge in [-0.05, 0) is 31.4 Å². The molecule has 4 nitrogen and oxygen atoms in total. The Morgan fingerprint density at radius 3 is 3.00 bits per heavy atom. The highest BCUT2D eigenvalue weighted by Gasteiger charge is 2.18. The molecule has 0 unspecified atom stereocenters. The maximum absolute atomic E-state index is 12.0. The van der Waals surface area contributed by atoms with Crippen LogP contribution >= 0.6 is 0 Å². The van der Waals surface area contributed by atoms with Crippen molar-refractivity contribution in [1.29, 1.82) is 0 Å². The number of carbonyl (C=O) groups is 1. The Morgan fingerprint density at radius 2 is 2.25 bits per heavy atom. The number of hydrogen-bond donors (Lipinski definition) is 1. The fraction of sp³-hybridized carbons (Fsp3) is 0.562. The first-order valence-electron chi connectivity index (χ1n) is 7.30. The number of methoxy groups -OCH3 is 1. The van der Waals surface area contributed by atoms with Gasteiger partial charge in [-0.3, -0.25) is 9.69 Å². The van der Waals surface area contributed by atoms with Crippen molar-refractivity contribution in [2.24, 2.45) is 5.92 Å². The summed E-state index contributed by atoms with van der Waals surface area (Å²) >= 11 is 0. The second-order valence-electron chi connectivity index (χ2n) is 5.57. The molecule has 1 aliphatic heterocycles. The molecule has 0 bridgehead atoms. The molecule has 1 heterocycles. The molecule has 1 atom stereocenters. The summed E-state index contributed by atoms with van der Waals surface area (Å²) in [6.45, 7) is 5.33. The van der Waals surface area contributed by atoms with Crippen molar-refractivity contribution in [3.8, 4) is 5.75 Å². The molecule has 2 rings (SSSR count). The summed E-state index contributed by atoms with van der Waals surface area (Å²) in [6.07, 6.45) is 2.47. The first-order chi connectivity index (χ1) is 9.69. The molecular weight excluding hydrogens is 252 g/mol. The normalized spacial score (nSPS) is 19.6. The van der Waals surface area contributed by atoms with E-state index in [1.807, 2.05) is 24.3 Å². The molecule has 1 aromatic rings. The standard InChI is InChI=1S/C16H24N2O2/c1-13-6-5-9-18(11-13)12-16(19)17-10-14-7-3-4-8-15(14)20-2/h3-4,7-8,13H,5-6,9-12H2,1-2H3,(H,17,19)/t13-/m1/s1. The third kappa shape index (κ3) is 4.23. The summed E-state index contributed by atoms with van der Waals surface area (Å²) < 4.78 is 5.28. The van der Waals surface area contributed by atoms with Crippen LogP contribution in [0.25, 0.3) is 0 Å². The molecule has 110 valence electrons. The van der Waals surface area contributed by atoms with Crippen LogP contribution in [0.4, 0.5) is 0 Å². The van der Waals surface area contributed by atoms with E-state index < -0.39 is 0 Å². The largest absolute Gasteiger partial charge is 0.496 e. The molecular formula is C16H24N2O2. The van der Waals surface area contributed by atoms with Gasteiger partial charge in [0.15, 0.2) is 0 Å². The van der Waals surface area contributed by atoms with E-state index in [1.165, 1.54) is 12.8 Å². The van der Waals surface area contributed by atoms with Crippen LogP contribution in [-0.2, 0) is 11.3 Å². The lowest BCUT2D eigenvalue weighted by Gasteiger charge is -2.30. The number of amides is 1. The fourth-order valence-corrected chi connectivity index (χ4v) is 2.73. The van der Waals surface area contributed by atoms with Crippen molar-refractivity contribution in [2.75, 3.05) is 26.7 Å². The smallest absolute Gasteiger partial charge is 0.234 e. The van der Waals surface area contributed by atoms with Crippen molar-refractivity contribution < 1.29 is 9.53 Å². The number of carbonyl (C=O) groups excluding carboxylic acids is 1. The highest BCUT2D eigenvalue weighted by Crippen LogP contribution is 2.17. The van der Waals surface area contributed by atoms with Crippen LogP contribution in [0.3, 0.4) is 0 Å². The van der Waals surface area contributed by atoms with Gasteiger partial charge in [0.05, 0.1) is 13.7 Å². The number of nitrogens with zero attached hydrogens (tertiary/aromatic N) is 1.